The maximum absolute atomic E-state index is 12.6. The number of aromatic nitrogens is 4. The summed E-state index contributed by atoms with van der Waals surface area (Å²) in [5.41, 5.74) is 2.27. The Morgan fingerprint density at radius 1 is 1.10 bits per heavy atom. The summed E-state index contributed by atoms with van der Waals surface area (Å²) in [4.78, 5) is 33.7. The summed E-state index contributed by atoms with van der Waals surface area (Å²) in [6.45, 7) is 2.98. The van der Waals surface area contributed by atoms with E-state index in [-0.39, 0.29) is 11.1 Å². The Hall–Kier alpha value is -3.74. The van der Waals surface area contributed by atoms with Crippen LogP contribution in [0.2, 0.25) is 0 Å². The first-order valence-electron chi connectivity index (χ1n) is 9.42. The van der Waals surface area contributed by atoms with E-state index in [9.17, 15) is 9.59 Å². The van der Waals surface area contributed by atoms with E-state index < -0.39 is 5.91 Å². The Balaban J connectivity index is 1.42. The van der Waals surface area contributed by atoms with Crippen LogP contribution in [0.5, 0.6) is 0 Å². The average molecular weight is 387 g/mol. The molecule has 3 heterocycles. The van der Waals surface area contributed by atoms with Gasteiger partial charge in [-0.05, 0) is 24.1 Å². The Bertz CT molecular complexity index is 1210. The maximum Gasteiger partial charge on any atom is 0.270 e. The molecule has 1 N–H and O–H groups in total. The van der Waals surface area contributed by atoms with Gasteiger partial charge >= 0.3 is 0 Å². The van der Waals surface area contributed by atoms with Gasteiger partial charge in [0.1, 0.15) is 17.0 Å². The highest BCUT2D eigenvalue weighted by Crippen LogP contribution is 2.06. The molecule has 0 radical (unpaired) electrons. The lowest BCUT2D eigenvalue weighted by molar-refractivity contribution is 0.0952. The molecule has 0 bridgehead atoms. The third-order valence-electron chi connectivity index (χ3n) is 4.73. The Morgan fingerprint density at radius 3 is 2.76 bits per heavy atom. The van der Waals surface area contributed by atoms with E-state index >= 15 is 0 Å². The zero-order chi connectivity index (χ0) is 20.2. The Labute approximate surface area is 167 Å². The van der Waals surface area contributed by atoms with Crippen molar-refractivity contribution in [2.24, 2.45) is 0 Å². The highest BCUT2D eigenvalue weighted by molar-refractivity contribution is 5.93. The molecule has 0 spiro atoms. The van der Waals surface area contributed by atoms with Crippen LogP contribution >= 0.6 is 0 Å². The largest absolute Gasteiger partial charge is 0.351 e. The predicted molar refractivity (Wildman–Crippen MR) is 110 cm³/mol. The predicted octanol–water partition coefficient (Wildman–Crippen LogP) is 2.22. The number of rotatable bonds is 6. The molecule has 0 unspecified atom stereocenters. The number of nitrogens with zero attached hydrogens (tertiary/aromatic N) is 4. The van der Waals surface area contributed by atoms with E-state index in [2.05, 4.69) is 32.0 Å². The first kappa shape index (κ1) is 18.6. The van der Waals surface area contributed by atoms with Crippen molar-refractivity contribution >= 4 is 11.6 Å². The van der Waals surface area contributed by atoms with Crippen molar-refractivity contribution in [2.45, 2.75) is 19.9 Å². The number of fused-ring (bicyclic) bond motifs is 1. The minimum Gasteiger partial charge on any atom is -0.351 e. The van der Waals surface area contributed by atoms with Gasteiger partial charge in [0.15, 0.2) is 0 Å². The van der Waals surface area contributed by atoms with E-state index in [0.717, 1.165) is 17.9 Å². The van der Waals surface area contributed by atoms with Crippen LogP contribution in [-0.2, 0) is 13.0 Å². The normalized spacial score (nSPS) is 10.9. The molecule has 7 nitrogen and oxygen atoms in total. The van der Waals surface area contributed by atoms with Crippen LogP contribution in [0.25, 0.3) is 5.65 Å². The summed E-state index contributed by atoms with van der Waals surface area (Å²) in [5, 5.41) is 2.80. The first-order chi connectivity index (χ1) is 14.1. The lowest BCUT2D eigenvalue weighted by Crippen LogP contribution is -2.33. The number of carbonyl (C=O) groups excluding carboxylic acids is 1. The molecule has 0 atom stereocenters. The monoisotopic (exact) mass is 387 g/mol. The van der Waals surface area contributed by atoms with Crippen LogP contribution in [0.15, 0.2) is 72.0 Å². The standard InChI is InChI=1S/C22H21N5O2/c1-16-7-8-20-25-13-18(22(29)27(20)14-16)21(28)24-10-9-19-23-11-12-26(19)15-17-5-3-2-4-6-17/h2-8,11-14H,9-10,15H2,1H3,(H,24,28). The molecule has 0 saturated carbocycles. The van der Waals surface area contributed by atoms with Gasteiger partial charge in [-0.3, -0.25) is 14.0 Å². The lowest BCUT2D eigenvalue weighted by atomic mass is 10.2. The van der Waals surface area contributed by atoms with E-state index in [1.54, 1.807) is 18.5 Å². The number of pyridine rings is 1. The highest BCUT2D eigenvalue weighted by atomic mass is 16.2. The van der Waals surface area contributed by atoms with Crippen molar-refractivity contribution < 1.29 is 4.79 Å². The van der Waals surface area contributed by atoms with Crippen molar-refractivity contribution in [3.63, 3.8) is 0 Å². The summed E-state index contributed by atoms with van der Waals surface area (Å²) >= 11 is 0. The molecule has 29 heavy (non-hydrogen) atoms. The fourth-order valence-corrected chi connectivity index (χ4v) is 3.21. The van der Waals surface area contributed by atoms with Gasteiger partial charge in [0, 0.05) is 44.3 Å². The van der Waals surface area contributed by atoms with Gasteiger partial charge in [-0.25, -0.2) is 9.97 Å². The van der Waals surface area contributed by atoms with Crippen molar-refractivity contribution in [1.29, 1.82) is 0 Å². The van der Waals surface area contributed by atoms with Gasteiger partial charge in [0.2, 0.25) is 0 Å². The number of hydrogen-bond acceptors (Lipinski definition) is 4. The molecule has 146 valence electrons. The minimum absolute atomic E-state index is 0.0285. The van der Waals surface area contributed by atoms with Crippen molar-refractivity contribution in [3.8, 4) is 0 Å². The molecular weight excluding hydrogens is 366 g/mol. The summed E-state index contributed by atoms with van der Waals surface area (Å²) in [5.74, 6) is 0.442. The zero-order valence-corrected chi connectivity index (χ0v) is 16.1. The lowest BCUT2D eigenvalue weighted by Gasteiger charge is -2.09. The van der Waals surface area contributed by atoms with Gasteiger partial charge in [-0.2, -0.15) is 0 Å². The first-order valence-corrected chi connectivity index (χ1v) is 9.42. The molecule has 0 saturated heterocycles. The third-order valence-corrected chi connectivity index (χ3v) is 4.73. The summed E-state index contributed by atoms with van der Waals surface area (Å²) < 4.78 is 3.45. The molecule has 3 aromatic heterocycles. The number of nitrogens with one attached hydrogen (secondary N) is 1. The average Bonchev–Trinajstić information content (AvgIpc) is 3.16. The Morgan fingerprint density at radius 2 is 1.93 bits per heavy atom. The molecule has 4 aromatic rings. The van der Waals surface area contributed by atoms with Crippen molar-refractivity contribution in [1.82, 2.24) is 24.3 Å². The second-order valence-corrected chi connectivity index (χ2v) is 6.87. The van der Waals surface area contributed by atoms with Crippen LogP contribution in [0.3, 0.4) is 0 Å². The molecule has 0 aliphatic rings. The van der Waals surface area contributed by atoms with Gasteiger partial charge in [-0.1, -0.05) is 36.4 Å². The quantitative estimate of drug-likeness (QED) is 0.550. The number of benzene rings is 1. The smallest absolute Gasteiger partial charge is 0.270 e. The number of carbonyl (C=O) groups is 1. The van der Waals surface area contributed by atoms with Crippen molar-refractivity contribution in [2.75, 3.05) is 6.54 Å². The Kier molecular flexibility index (Phi) is 5.20. The molecular formula is C22H21N5O2. The highest BCUT2D eigenvalue weighted by Gasteiger charge is 2.13. The number of amides is 1. The van der Waals surface area contributed by atoms with Crippen LogP contribution in [0.4, 0.5) is 0 Å². The van der Waals surface area contributed by atoms with Crippen molar-refractivity contribution in [3.05, 3.63) is 100 Å². The second kappa shape index (κ2) is 8.10. The topological polar surface area (TPSA) is 81.3 Å². The molecule has 7 heteroatoms. The molecule has 0 aliphatic carbocycles. The molecule has 0 fully saturated rings. The van der Waals surface area contributed by atoms with Crippen LogP contribution in [-0.4, -0.2) is 31.4 Å². The SMILES string of the molecule is Cc1ccc2ncc(C(=O)NCCc3nccn3Cc3ccccc3)c(=O)n2c1. The molecule has 0 aliphatic heterocycles. The van der Waals surface area contributed by atoms with Gasteiger partial charge in [-0.15, -0.1) is 0 Å². The van der Waals surface area contributed by atoms with Gasteiger partial charge < -0.3 is 9.88 Å². The summed E-state index contributed by atoms with van der Waals surface area (Å²) in [7, 11) is 0. The van der Waals surface area contributed by atoms with E-state index in [4.69, 9.17) is 0 Å². The van der Waals surface area contributed by atoms with Crippen LogP contribution < -0.4 is 10.9 Å². The fourth-order valence-electron chi connectivity index (χ4n) is 3.21. The number of aryl methyl sites for hydroxylation is 1. The molecule has 1 aromatic carbocycles. The summed E-state index contributed by atoms with van der Waals surface area (Å²) in [6.07, 6.45) is 7.25. The van der Waals surface area contributed by atoms with Crippen LogP contribution in [0.1, 0.15) is 27.3 Å². The fraction of sp³-hybridized carbons (Fsp3) is 0.182. The summed E-state index contributed by atoms with van der Waals surface area (Å²) in [6, 6.07) is 13.7. The van der Waals surface area contributed by atoms with Crippen LogP contribution in [0, 0.1) is 6.92 Å². The van der Waals surface area contributed by atoms with Gasteiger partial charge in [0.05, 0.1) is 0 Å². The number of hydrogen-bond donors (Lipinski definition) is 1. The maximum atomic E-state index is 12.6. The number of imidazole rings is 1. The van der Waals surface area contributed by atoms with E-state index in [1.165, 1.54) is 16.2 Å². The van der Waals surface area contributed by atoms with E-state index in [1.807, 2.05) is 37.4 Å². The third kappa shape index (κ3) is 4.08. The van der Waals surface area contributed by atoms with Gasteiger partial charge in [0.25, 0.3) is 11.5 Å². The molecule has 4 rings (SSSR count). The van der Waals surface area contributed by atoms with E-state index in [0.29, 0.717) is 18.6 Å². The molecule has 1 amide bonds. The second-order valence-electron chi connectivity index (χ2n) is 6.87. The zero-order valence-electron chi connectivity index (χ0n) is 16.1. The minimum atomic E-state index is -0.431.